The third-order valence-electron chi connectivity index (χ3n) is 1.42. The van der Waals surface area contributed by atoms with E-state index in [-0.39, 0.29) is 0 Å². The molecule has 5 N–H and O–H groups in total. The molecule has 0 heterocycles. The zero-order valence-electron chi connectivity index (χ0n) is 9.94. The van der Waals surface area contributed by atoms with Gasteiger partial charge in [0.1, 0.15) is 5.60 Å². The average Bonchev–Trinajstić information content (AvgIpc) is 2.10. The first-order chi connectivity index (χ1) is 7.61. The van der Waals surface area contributed by atoms with Crippen LogP contribution in [0.5, 0.6) is 0 Å². The van der Waals surface area contributed by atoms with E-state index in [0.29, 0.717) is 0 Å². The van der Waals surface area contributed by atoms with E-state index < -0.39 is 36.0 Å². The smallest absolute Gasteiger partial charge is 0.426 e. The van der Waals surface area contributed by atoms with Crippen molar-refractivity contribution in [3.63, 3.8) is 0 Å². The summed E-state index contributed by atoms with van der Waals surface area (Å²) in [4.78, 5) is 32.5. The minimum Gasteiger partial charge on any atom is -0.481 e. The molecule has 0 aromatic heterocycles. The molecular weight excluding hydrogens is 230 g/mol. The van der Waals surface area contributed by atoms with Crippen molar-refractivity contribution < 1.29 is 24.2 Å². The second-order valence-corrected chi connectivity index (χ2v) is 4.32. The summed E-state index contributed by atoms with van der Waals surface area (Å²) >= 11 is 0. The lowest BCUT2D eigenvalue weighted by molar-refractivity contribution is -0.139. The minimum atomic E-state index is -1.23. The molecule has 0 aliphatic heterocycles. The second kappa shape index (κ2) is 6.04. The first-order valence-electron chi connectivity index (χ1n) is 4.88. The van der Waals surface area contributed by atoms with Crippen molar-refractivity contribution in [2.24, 2.45) is 5.73 Å². The zero-order valence-corrected chi connectivity index (χ0v) is 9.94. The van der Waals surface area contributed by atoms with E-state index in [1.54, 1.807) is 20.8 Å². The number of ether oxygens (including phenoxy) is 1. The molecular formula is C9H17N3O5. The molecule has 0 saturated heterocycles. The number of rotatable bonds is 3. The fourth-order valence-electron chi connectivity index (χ4n) is 0.790. The fraction of sp³-hybridized carbons (Fsp3) is 0.667. The lowest BCUT2D eigenvalue weighted by Gasteiger charge is -2.20. The summed E-state index contributed by atoms with van der Waals surface area (Å²) < 4.78 is 4.83. The summed E-state index contributed by atoms with van der Waals surface area (Å²) in [6.07, 6.45) is -1.38. The average molecular weight is 247 g/mol. The molecule has 8 nitrogen and oxygen atoms in total. The van der Waals surface area contributed by atoms with Crippen molar-refractivity contribution in [1.82, 2.24) is 10.9 Å². The summed E-state index contributed by atoms with van der Waals surface area (Å²) in [7, 11) is 0. The maximum atomic E-state index is 11.2. The third-order valence-corrected chi connectivity index (χ3v) is 1.42. The van der Waals surface area contributed by atoms with Gasteiger partial charge in [-0.3, -0.25) is 15.0 Å². The van der Waals surface area contributed by atoms with Gasteiger partial charge in [-0.25, -0.2) is 10.2 Å². The van der Waals surface area contributed by atoms with Gasteiger partial charge in [-0.1, -0.05) is 0 Å². The predicted octanol–water partition coefficient (Wildman–Crippen LogP) is -0.656. The van der Waals surface area contributed by atoms with Crippen molar-refractivity contribution in [1.29, 1.82) is 0 Å². The summed E-state index contributed by atoms with van der Waals surface area (Å²) in [6.45, 7) is 4.97. The highest BCUT2D eigenvalue weighted by atomic mass is 16.6. The second-order valence-electron chi connectivity index (χ2n) is 4.32. The van der Waals surface area contributed by atoms with Crippen molar-refractivity contribution in [3.8, 4) is 0 Å². The number of hydrazine groups is 1. The van der Waals surface area contributed by atoms with Gasteiger partial charge in [-0.2, -0.15) is 0 Å². The number of nitrogens with two attached hydrogens (primary N) is 1. The molecule has 0 fully saturated rings. The number of carbonyl (C=O) groups excluding carboxylic acids is 2. The number of aliphatic carboxylic acids is 1. The molecule has 0 aliphatic carbocycles. The zero-order chi connectivity index (χ0) is 13.6. The van der Waals surface area contributed by atoms with E-state index >= 15 is 0 Å². The van der Waals surface area contributed by atoms with Crippen LogP contribution in [-0.4, -0.2) is 34.7 Å². The molecule has 0 unspecified atom stereocenters. The first-order valence-corrected chi connectivity index (χ1v) is 4.88. The Labute approximate surface area is 98.5 Å². The topological polar surface area (TPSA) is 131 Å². The highest BCUT2D eigenvalue weighted by Gasteiger charge is 2.19. The number of carbonyl (C=O) groups is 3. The quantitative estimate of drug-likeness (QED) is 0.490. The molecule has 0 saturated carbocycles. The Morgan fingerprint density at radius 3 is 2.24 bits per heavy atom. The van der Waals surface area contributed by atoms with Gasteiger partial charge in [0.25, 0.3) is 5.91 Å². The number of carboxylic acids is 1. The van der Waals surface area contributed by atoms with Gasteiger partial charge < -0.3 is 15.6 Å². The van der Waals surface area contributed by atoms with Crippen LogP contribution in [0.1, 0.15) is 27.2 Å². The van der Waals surface area contributed by atoms with Crippen LogP contribution >= 0.6 is 0 Å². The van der Waals surface area contributed by atoms with Gasteiger partial charge in [0.15, 0.2) is 0 Å². The van der Waals surface area contributed by atoms with Gasteiger partial charge in [-0.05, 0) is 20.8 Å². The molecule has 2 amide bonds. The van der Waals surface area contributed by atoms with Gasteiger partial charge in [-0.15, -0.1) is 0 Å². The molecule has 0 spiro atoms. The minimum absolute atomic E-state index is 0.526. The highest BCUT2D eigenvalue weighted by Crippen LogP contribution is 2.05. The van der Waals surface area contributed by atoms with Crippen LogP contribution in [0.3, 0.4) is 0 Å². The van der Waals surface area contributed by atoms with Gasteiger partial charge in [0.05, 0.1) is 12.5 Å². The Morgan fingerprint density at radius 1 is 1.29 bits per heavy atom. The van der Waals surface area contributed by atoms with Crippen molar-refractivity contribution in [2.75, 3.05) is 0 Å². The molecule has 1 atom stereocenters. The summed E-state index contributed by atoms with van der Waals surface area (Å²) in [5, 5.41) is 8.39. The largest absolute Gasteiger partial charge is 0.481 e. The van der Waals surface area contributed by atoms with E-state index in [1.807, 2.05) is 10.9 Å². The third kappa shape index (κ3) is 8.03. The van der Waals surface area contributed by atoms with Crippen molar-refractivity contribution in [3.05, 3.63) is 0 Å². The van der Waals surface area contributed by atoms with E-state index in [2.05, 4.69) is 0 Å². The highest BCUT2D eigenvalue weighted by molar-refractivity contribution is 5.87. The SMILES string of the molecule is CC(C)(C)OC(=O)NNC(=O)[C@@H](N)CC(=O)O. The Balaban J connectivity index is 4.00. The predicted molar refractivity (Wildman–Crippen MR) is 57.7 cm³/mol. The molecule has 17 heavy (non-hydrogen) atoms. The molecule has 0 aromatic carbocycles. The van der Waals surface area contributed by atoms with E-state index in [1.165, 1.54) is 0 Å². The first kappa shape index (κ1) is 15.2. The monoisotopic (exact) mass is 247 g/mol. The van der Waals surface area contributed by atoms with E-state index in [4.69, 9.17) is 15.6 Å². The van der Waals surface area contributed by atoms with Crippen molar-refractivity contribution in [2.45, 2.75) is 38.8 Å². The maximum Gasteiger partial charge on any atom is 0.426 e. The van der Waals surface area contributed by atoms with E-state index in [9.17, 15) is 14.4 Å². The number of amides is 2. The summed E-state index contributed by atoms with van der Waals surface area (Å²) in [5.74, 6) is -2.01. The molecule has 98 valence electrons. The molecule has 0 bridgehead atoms. The number of nitrogens with one attached hydrogen (secondary N) is 2. The Kier molecular flexibility index (Phi) is 5.39. The van der Waals surface area contributed by atoms with Crippen LogP contribution in [0, 0.1) is 0 Å². The van der Waals surface area contributed by atoms with Crippen LogP contribution in [0.4, 0.5) is 4.79 Å². The number of hydrogen-bond donors (Lipinski definition) is 4. The van der Waals surface area contributed by atoms with Crippen LogP contribution < -0.4 is 16.6 Å². The molecule has 0 aliphatic rings. The lowest BCUT2D eigenvalue weighted by Crippen LogP contribution is -2.50. The standard InChI is InChI=1S/C9H17N3O5/c1-9(2,3)17-8(16)12-11-7(15)5(10)4-6(13)14/h5H,4,10H2,1-3H3,(H,11,15)(H,12,16)(H,13,14)/t5-/m0/s1. The maximum absolute atomic E-state index is 11.2. The fourth-order valence-corrected chi connectivity index (χ4v) is 0.790. The Morgan fingerprint density at radius 2 is 1.82 bits per heavy atom. The summed E-state index contributed by atoms with van der Waals surface area (Å²) in [6, 6.07) is -1.23. The van der Waals surface area contributed by atoms with Gasteiger partial charge >= 0.3 is 12.1 Å². The Hall–Kier alpha value is -1.83. The van der Waals surface area contributed by atoms with E-state index in [0.717, 1.165) is 0 Å². The number of carboxylic acid groups (broad SMARTS) is 1. The van der Waals surface area contributed by atoms with Crippen molar-refractivity contribution >= 4 is 18.0 Å². The number of hydrogen-bond acceptors (Lipinski definition) is 5. The molecule has 0 rings (SSSR count). The van der Waals surface area contributed by atoms with Crippen LogP contribution in [0.15, 0.2) is 0 Å². The van der Waals surface area contributed by atoms with Crippen LogP contribution in [0.25, 0.3) is 0 Å². The van der Waals surface area contributed by atoms with Crippen LogP contribution in [-0.2, 0) is 14.3 Å². The normalized spacial score (nSPS) is 12.5. The summed E-state index contributed by atoms with van der Waals surface area (Å²) in [5.41, 5.74) is 8.47. The molecule has 0 radical (unpaired) electrons. The van der Waals surface area contributed by atoms with Gasteiger partial charge in [0.2, 0.25) is 0 Å². The Bertz CT molecular complexity index is 310. The molecule has 8 heteroatoms. The lowest BCUT2D eigenvalue weighted by atomic mass is 10.2. The van der Waals surface area contributed by atoms with Gasteiger partial charge in [0, 0.05) is 0 Å². The molecule has 0 aromatic rings. The van der Waals surface area contributed by atoms with Crippen LogP contribution in [0.2, 0.25) is 0 Å².